The Labute approximate surface area is 176 Å². The lowest BCUT2D eigenvalue weighted by Gasteiger charge is -2.08. The van der Waals surface area contributed by atoms with Gasteiger partial charge >= 0.3 is 5.97 Å². The number of phenolic OH excluding ortho intramolecular Hbond substituents is 1. The molecule has 8 heteroatoms. The molecule has 3 N–H and O–H groups in total. The molecule has 0 unspecified atom stereocenters. The van der Waals surface area contributed by atoms with E-state index in [2.05, 4.69) is 9.97 Å². The molecular weight excluding hydrogens is 408 g/mol. The number of ether oxygens (including phenoxy) is 2. The van der Waals surface area contributed by atoms with Crippen LogP contribution in [-0.4, -0.2) is 33.3 Å². The van der Waals surface area contributed by atoms with Crippen molar-refractivity contribution in [2.45, 2.75) is 6.92 Å². The number of halogens is 1. The van der Waals surface area contributed by atoms with Crippen LogP contribution in [0.5, 0.6) is 23.3 Å². The number of aromatic carboxylic acids is 1. The van der Waals surface area contributed by atoms with Crippen LogP contribution in [0.3, 0.4) is 0 Å². The number of rotatable bonds is 5. The molecule has 0 radical (unpaired) electrons. The molecule has 0 aliphatic rings. The van der Waals surface area contributed by atoms with Crippen LogP contribution in [-0.2, 0) is 0 Å². The summed E-state index contributed by atoms with van der Waals surface area (Å²) in [6, 6.07) is 13.5. The van der Waals surface area contributed by atoms with Gasteiger partial charge in [-0.2, -0.15) is 4.98 Å². The van der Waals surface area contributed by atoms with Crippen molar-refractivity contribution < 1.29 is 24.5 Å². The molecule has 4 rings (SSSR count). The number of nitrogens with one attached hydrogen (secondary N) is 1. The van der Waals surface area contributed by atoms with Crippen LogP contribution in [0.15, 0.2) is 48.5 Å². The zero-order valence-electron chi connectivity index (χ0n) is 16.1. The number of phenols is 1. The van der Waals surface area contributed by atoms with Gasteiger partial charge in [0.15, 0.2) is 11.5 Å². The molecule has 0 aliphatic carbocycles. The lowest BCUT2D eigenvalue weighted by molar-refractivity contribution is 0.0695. The third kappa shape index (κ3) is 3.62. The molecule has 0 saturated carbocycles. The van der Waals surface area contributed by atoms with Crippen molar-refractivity contribution in [2.24, 2.45) is 0 Å². The van der Waals surface area contributed by atoms with Gasteiger partial charge in [-0.1, -0.05) is 23.7 Å². The SMILES string of the molecule is COc1cc(-c2cc3nc(Oc4ccc(C)c(C(=O)O)c4)[nH]c3cc2Cl)ccc1O. The number of hydrogen-bond acceptors (Lipinski definition) is 5. The number of fused-ring (bicyclic) bond motifs is 1. The molecule has 152 valence electrons. The number of aryl methyl sites for hydroxylation is 1. The number of methoxy groups -OCH3 is 1. The fourth-order valence-electron chi connectivity index (χ4n) is 3.13. The van der Waals surface area contributed by atoms with Gasteiger partial charge in [0, 0.05) is 5.56 Å². The fraction of sp³-hybridized carbons (Fsp3) is 0.0909. The summed E-state index contributed by atoms with van der Waals surface area (Å²) in [5.74, 6) is -0.300. The van der Waals surface area contributed by atoms with Crippen LogP contribution in [0.4, 0.5) is 0 Å². The second-order valence-corrected chi connectivity index (χ2v) is 7.07. The van der Waals surface area contributed by atoms with Gasteiger partial charge in [-0.25, -0.2) is 4.79 Å². The molecular formula is C22H17ClN2O5. The average Bonchev–Trinajstić information content (AvgIpc) is 3.10. The standard InChI is InChI=1S/C22H17ClN2O5/c1-11-3-5-13(8-14(11)21(27)28)30-22-24-17-9-15(16(23)10-18(17)25-22)12-4-6-19(26)20(7-12)29-2/h3-10,26H,1-2H3,(H,24,25)(H,27,28). The number of carbonyl (C=O) groups is 1. The zero-order valence-corrected chi connectivity index (χ0v) is 16.8. The van der Waals surface area contributed by atoms with Crippen LogP contribution < -0.4 is 9.47 Å². The summed E-state index contributed by atoms with van der Waals surface area (Å²) in [5.41, 5.74) is 3.54. The first-order valence-corrected chi connectivity index (χ1v) is 9.32. The van der Waals surface area contributed by atoms with Crippen molar-refractivity contribution in [1.29, 1.82) is 0 Å². The van der Waals surface area contributed by atoms with E-state index >= 15 is 0 Å². The number of H-pyrrole nitrogens is 1. The highest BCUT2D eigenvalue weighted by atomic mass is 35.5. The topological polar surface area (TPSA) is 105 Å². The van der Waals surface area contributed by atoms with E-state index in [1.165, 1.54) is 19.2 Å². The van der Waals surface area contributed by atoms with Crippen LogP contribution in [0.2, 0.25) is 5.02 Å². The lowest BCUT2D eigenvalue weighted by atomic mass is 10.0. The molecule has 0 aliphatic heterocycles. The molecule has 1 heterocycles. The number of aromatic amines is 1. The monoisotopic (exact) mass is 424 g/mol. The minimum Gasteiger partial charge on any atom is -0.504 e. The molecule has 0 atom stereocenters. The Morgan fingerprint density at radius 1 is 1.13 bits per heavy atom. The van der Waals surface area contributed by atoms with Gasteiger partial charge in [-0.15, -0.1) is 0 Å². The molecule has 1 aromatic heterocycles. The van der Waals surface area contributed by atoms with Crippen LogP contribution >= 0.6 is 11.6 Å². The Balaban J connectivity index is 1.70. The van der Waals surface area contributed by atoms with E-state index in [0.29, 0.717) is 38.7 Å². The van der Waals surface area contributed by atoms with E-state index in [0.717, 1.165) is 5.56 Å². The molecule has 0 fully saturated rings. The zero-order chi connectivity index (χ0) is 21.4. The number of aromatic nitrogens is 2. The van der Waals surface area contributed by atoms with Crippen molar-refractivity contribution in [3.8, 4) is 34.4 Å². The van der Waals surface area contributed by atoms with Gasteiger partial charge in [0.2, 0.25) is 0 Å². The molecule has 0 spiro atoms. The Kier molecular flexibility index (Phi) is 4.97. The van der Waals surface area contributed by atoms with Gasteiger partial charge in [-0.3, -0.25) is 0 Å². The van der Waals surface area contributed by atoms with E-state index in [-0.39, 0.29) is 17.3 Å². The summed E-state index contributed by atoms with van der Waals surface area (Å²) in [6.07, 6.45) is 0. The number of carboxylic acid groups (broad SMARTS) is 1. The molecule has 0 bridgehead atoms. The highest BCUT2D eigenvalue weighted by Crippen LogP contribution is 2.37. The van der Waals surface area contributed by atoms with Gasteiger partial charge < -0.3 is 24.7 Å². The third-order valence-corrected chi connectivity index (χ3v) is 5.01. The summed E-state index contributed by atoms with van der Waals surface area (Å²) in [6.45, 7) is 1.72. The summed E-state index contributed by atoms with van der Waals surface area (Å²) in [4.78, 5) is 18.8. The number of benzene rings is 3. The van der Waals surface area contributed by atoms with Crippen molar-refractivity contribution >= 4 is 28.6 Å². The maximum atomic E-state index is 11.3. The number of carboxylic acids is 1. The molecule has 7 nitrogen and oxygen atoms in total. The highest BCUT2D eigenvalue weighted by Gasteiger charge is 2.14. The van der Waals surface area contributed by atoms with Crippen molar-refractivity contribution in [3.05, 3.63) is 64.7 Å². The van der Waals surface area contributed by atoms with Crippen LogP contribution in [0.25, 0.3) is 22.2 Å². The summed E-state index contributed by atoms with van der Waals surface area (Å²) < 4.78 is 10.9. The van der Waals surface area contributed by atoms with Gasteiger partial charge in [0.1, 0.15) is 5.75 Å². The minimum absolute atomic E-state index is 0.0349. The van der Waals surface area contributed by atoms with Crippen LogP contribution in [0.1, 0.15) is 15.9 Å². The maximum absolute atomic E-state index is 11.3. The second kappa shape index (κ2) is 7.61. The Hall–Kier alpha value is -3.71. The molecule has 0 amide bonds. The number of aromatic hydroxyl groups is 1. The summed E-state index contributed by atoms with van der Waals surface area (Å²) >= 11 is 6.46. The summed E-state index contributed by atoms with van der Waals surface area (Å²) in [7, 11) is 1.47. The van der Waals surface area contributed by atoms with Crippen LogP contribution in [0, 0.1) is 6.92 Å². The van der Waals surface area contributed by atoms with E-state index in [9.17, 15) is 15.0 Å². The largest absolute Gasteiger partial charge is 0.504 e. The first-order valence-electron chi connectivity index (χ1n) is 8.94. The first-order chi connectivity index (χ1) is 14.4. The van der Waals surface area contributed by atoms with Crippen molar-refractivity contribution in [3.63, 3.8) is 0 Å². The third-order valence-electron chi connectivity index (χ3n) is 4.69. The van der Waals surface area contributed by atoms with E-state index in [4.69, 9.17) is 21.1 Å². The van der Waals surface area contributed by atoms with Gasteiger partial charge in [-0.05, 0) is 54.4 Å². The maximum Gasteiger partial charge on any atom is 0.336 e. The average molecular weight is 425 g/mol. The smallest absolute Gasteiger partial charge is 0.336 e. The Bertz CT molecular complexity index is 1280. The Morgan fingerprint density at radius 2 is 1.93 bits per heavy atom. The summed E-state index contributed by atoms with van der Waals surface area (Å²) in [5, 5.41) is 19.6. The molecule has 0 saturated heterocycles. The quantitative estimate of drug-likeness (QED) is 0.396. The van der Waals surface area contributed by atoms with E-state index in [1.807, 2.05) is 0 Å². The van der Waals surface area contributed by atoms with E-state index in [1.54, 1.807) is 43.3 Å². The van der Waals surface area contributed by atoms with Gasteiger partial charge in [0.25, 0.3) is 6.01 Å². The minimum atomic E-state index is -1.02. The van der Waals surface area contributed by atoms with E-state index < -0.39 is 5.97 Å². The molecule has 4 aromatic rings. The van der Waals surface area contributed by atoms with Crippen molar-refractivity contribution in [1.82, 2.24) is 9.97 Å². The predicted molar refractivity (Wildman–Crippen MR) is 113 cm³/mol. The number of hydrogen-bond donors (Lipinski definition) is 3. The lowest BCUT2D eigenvalue weighted by Crippen LogP contribution is -2.00. The number of imidazole rings is 1. The highest BCUT2D eigenvalue weighted by molar-refractivity contribution is 6.34. The Morgan fingerprint density at radius 3 is 2.67 bits per heavy atom. The predicted octanol–water partition coefficient (Wildman–Crippen LogP) is 5.40. The normalized spacial score (nSPS) is 10.9. The molecule has 3 aromatic carbocycles. The molecule has 30 heavy (non-hydrogen) atoms. The number of nitrogens with zero attached hydrogens (tertiary/aromatic N) is 1. The van der Waals surface area contributed by atoms with Crippen molar-refractivity contribution in [2.75, 3.05) is 7.11 Å². The fourth-order valence-corrected chi connectivity index (χ4v) is 3.40. The second-order valence-electron chi connectivity index (χ2n) is 6.66. The first kappa shape index (κ1) is 19.6. The van der Waals surface area contributed by atoms with Gasteiger partial charge in [0.05, 0.1) is 28.7 Å².